The molecular formula is C8H6BrF2NO2. The monoisotopic (exact) mass is 265 g/mol. The fourth-order valence-corrected chi connectivity index (χ4v) is 1.36. The first-order chi connectivity index (χ1) is 6.60. The van der Waals surface area contributed by atoms with Crippen molar-refractivity contribution in [2.45, 2.75) is 6.43 Å². The predicted octanol–water partition coefficient (Wildman–Crippen LogP) is 2.60. The number of halogens is 3. The third-order valence-electron chi connectivity index (χ3n) is 1.54. The summed E-state index contributed by atoms with van der Waals surface area (Å²) < 4.78 is 29.5. The molecule has 1 aromatic rings. The number of carbonyl (C=O) groups is 1. The summed E-state index contributed by atoms with van der Waals surface area (Å²) >= 11 is 2.88. The molecule has 0 bridgehead atoms. The number of aromatic nitrogens is 1. The average molecular weight is 266 g/mol. The molecule has 0 fully saturated rings. The molecule has 0 saturated heterocycles. The fourth-order valence-electron chi connectivity index (χ4n) is 0.886. The van der Waals surface area contributed by atoms with Crippen molar-refractivity contribution in [1.29, 1.82) is 0 Å². The SMILES string of the molecule is COc1cc(C(F)F)c(Br)c(C=O)n1. The molecule has 1 heterocycles. The van der Waals surface area contributed by atoms with Crippen LogP contribution in [0, 0.1) is 0 Å². The van der Waals surface area contributed by atoms with Crippen molar-refractivity contribution < 1.29 is 18.3 Å². The van der Waals surface area contributed by atoms with Crippen molar-refractivity contribution >= 4 is 22.2 Å². The van der Waals surface area contributed by atoms with Crippen LogP contribution in [0.4, 0.5) is 8.78 Å². The van der Waals surface area contributed by atoms with Crippen LogP contribution in [0.3, 0.4) is 0 Å². The third kappa shape index (κ3) is 2.06. The van der Waals surface area contributed by atoms with E-state index in [9.17, 15) is 13.6 Å². The Hall–Kier alpha value is -1.04. The van der Waals surface area contributed by atoms with Gasteiger partial charge in [0.05, 0.1) is 11.6 Å². The second-order valence-corrected chi connectivity index (χ2v) is 3.16. The van der Waals surface area contributed by atoms with Crippen molar-refractivity contribution in [1.82, 2.24) is 4.98 Å². The van der Waals surface area contributed by atoms with Gasteiger partial charge in [0.15, 0.2) is 6.29 Å². The summed E-state index contributed by atoms with van der Waals surface area (Å²) in [4.78, 5) is 14.2. The first-order valence-corrected chi connectivity index (χ1v) is 4.37. The minimum absolute atomic E-state index is 0.00306. The molecule has 0 amide bonds. The fraction of sp³-hybridized carbons (Fsp3) is 0.250. The lowest BCUT2D eigenvalue weighted by Gasteiger charge is -2.07. The van der Waals surface area contributed by atoms with Crippen molar-refractivity contribution in [2.24, 2.45) is 0 Å². The summed E-state index contributed by atoms with van der Waals surface area (Å²) in [5.74, 6) is -0.00870. The molecule has 3 nitrogen and oxygen atoms in total. The van der Waals surface area contributed by atoms with Crippen LogP contribution in [-0.4, -0.2) is 18.4 Å². The largest absolute Gasteiger partial charge is 0.481 e. The second kappa shape index (κ2) is 4.45. The average Bonchev–Trinajstić information content (AvgIpc) is 2.17. The molecule has 76 valence electrons. The summed E-state index contributed by atoms with van der Waals surface area (Å²) in [5, 5.41) is 0. The summed E-state index contributed by atoms with van der Waals surface area (Å²) in [6, 6.07) is 1.09. The van der Waals surface area contributed by atoms with E-state index in [-0.39, 0.29) is 21.6 Å². The maximum absolute atomic E-state index is 12.4. The first-order valence-electron chi connectivity index (χ1n) is 3.58. The van der Waals surface area contributed by atoms with Gasteiger partial charge in [0.25, 0.3) is 6.43 Å². The van der Waals surface area contributed by atoms with Gasteiger partial charge in [-0.15, -0.1) is 0 Å². The summed E-state index contributed by atoms with van der Waals surface area (Å²) in [7, 11) is 1.29. The number of rotatable bonds is 3. The first kappa shape index (κ1) is 11.0. The van der Waals surface area contributed by atoms with E-state index in [1.807, 2.05) is 0 Å². The van der Waals surface area contributed by atoms with Gasteiger partial charge >= 0.3 is 0 Å². The summed E-state index contributed by atoms with van der Waals surface area (Å²) in [5.41, 5.74) is -0.404. The van der Waals surface area contributed by atoms with Crippen LogP contribution in [0.1, 0.15) is 22.5 Å². The predicted molar refractivity (Wildman–Crippen MR) is 48.8 cm³/mol. The van der Waals surface area contributed by atoms with E-state index in [1.54, 1.807) is 0 Å². The lowest BCUT2D eigenvalue weighted by Crippen LogP contribution is -1.99. The lowest BCUT2D eigenvalue weighted by molar-refractivity contribution is 0.111. The number of nitrogens with zero attached hydrogens (tertiary/aromatic N) is 1. The molecule has 0 aliphatic rings. The van der Waals surface area contributed by atoms with Crippen LogP contribution in [0.25, 0.3) is 0 Å². The standard InChI is InChI=1S/C8H6BrF2NO2/c1-14-6-2-4(8(10)11)7(9)5(3-13)12-6/h2-3,8H,1H3. The molecule has 0 atom stereocenters. The van der Waals surface area contributed by atoms with Crippen LogP contribution < -0.4 is 4.74 Å². The summed E-state index contributed by atoms with van der Waals surface area (Å²) in [6.45, 7) is 0. The number of aldehydes is 1. The molecular weight excluding hydrogens is 260 g/mol. The van der Waals surface area contributed by atoms with Crippen LogP contribution in [-0.2, 0) is 0 Å². The van der Waals surface area contributed by atoms with E-state index in [4.69, 9.17) is 0 Å². The normalized spacial score (nSPS) is 10.4. The number of ether oxygens (including phenoxy) is 1. The molecule has 0 aliphatic heterocycles. The van der Waals surface area contributed by atoms with Gasteiger partial charge in [0.2, 0.25) is 5.88 Å². The van der Waals surface area contributed by atoms with Crippen LogP contribution in [0.15, 0.2) is 10.5 Å². The van der Waals surface area contributed by atoms with Gasteiger partial charge in [0.1, 0.15) is 5.69 Å². The van der Waals surface area contributed by atoms with Crippen molar-refractivity contribution in [3.8, 4) is 5.88 Å². The maximum atomic E-state index is 12.4. The molecule has 0 aromatic carbocycles. The summed E-state index contributed by atoms with van der Waals surface area (Å²) in [6.07, 6.45) is -2.29. The molecule has 6 heteroatoms. The molecule has 0 radical (unpaired) electrons. The van der Waals surface area contributed by atoms with Gasteiger partial charge in [0, 0.05) is 11.6 Å². The number of hydrogen-bond acceptors (Lipinski definition) is 3. The van der Waals surface area contributed by atoms with Gasteiger partial charge in [-0.1, -0.05) is 0 Å². The number of alkyl halides is 2. The van der Waals surface area contributed by atoms with Crippen LogP contribution >= 0.6 is 15.9 Å². The number of hydrogen-bond donors (Lipinski definition) is 0. The van der Waals surface area contributed by atoms with Gasteiger partial charge in [-0.25, -0.2) is 13.8 Å². The second-order valence-electron chi connectivity index (χ2n) is 2.37. The van der Waals surface area contributed by atoms with Crippen molar-refractivity contribution in [3.63, 3.8) is 0 Å². The Morgan fingerprint density at radius 3 is 2.71 bits per heavy atom. The van der Waals surface area contributed by atoms with E-state index in [0.717, 1.165) is 6.07 Å². The molecule has 0 aliphatic carbocycles. The third-order valence-corrected chi connectivity index (χ3v) is 2.41. The highest BCUT2D eigenvalue weighted by atomic mass is 79.9. The minimum atomic E-state index is -2.68. The zero-order valence-corrected chi connectivity index (χ0v) is 8.72. The molecule has 14 heavy (non-hydrogen) atoms. The molecule has 1 rings (SSSR count). The van der Waals surface area contributed by atoms with E-state index < -0.39 is 6.43 Å². The Morgan fingerprint density at radius 1 is 1.64 bits per heavy atom. The van der Waals surface area contributed by atoms with Crippen LogP contribution in [0.5, 0.6) is 5.88 Å². The molecule has 0 spiro atoms. The Labute approximate surface area is 87.2 Å². The highest BCUT2D eigenvalue weighted by Gasteiger charge is 2.17. The van der Waals surface area contributed by atoms with Gasteiger partial charge in [-0.3, -0.25) is 4.79 Å². The topological polar surface area (TPSA) is 39.2 Å². The van der Waals surface area contributed by atoms with E-state index in [0.29, 0.717) is 6.29 Å². The number of methoxy groups -OCH3 is 1. The molecule has 0 N–H and O–H groups in total. The highest BCUT2D eigenvalue weighted by molar-refractivity contribution is 9.10. The highest BCUT2D eigenvalue weighted by Crippen LogP contribution is 2.31. The molecule has 0 saturated carbocycles. The zero-order chi connectivity index (χ0) is 10.7. The smallest absolute Gasteiger partial charge is 0.265 e. The van der Waals surface area contributed by atoms with E-state index in [1.165, 1.54) is 7.11 Å². The number of carbonyl (C=O) groups excluding carboxylic acids is 1. The quantitative estimate of drug-likeness (QED) is 0.789. The molecule has 0 unspecified atom stereocenters. The Kier molecular flexibility index (Phi) is 3.51. The maximum Gasteiger partial charge on any atom is 0.265 e. The van der Waals surface area contributed by atoms with Gasteiger partial charge in [-0.05, 0) is 15.9 Å². The minimum Gasteiger partial charge on any atom is -0.481 e. The van der Waals surface area contributed by atoms with Crippen molar-refractivity contribution in [3.05, 3.63) is 21.8 Å². The molecule has 1 aromatic heterocycles. The van der Waals surface area contributed by atoms with Crippen molar-refractivity contribution in [2.75, 3.05) is 7.11 Å². The number of pyridine rings is 1. The van der Waals surface area contributed by atoms with E-state index >= 15 is 0 Å². The van der Waals surface area contributed by atoms with Gasteiger partial charge in [-0.2, -0.15) is 0 Å². The van der Waals surface area contributed by atoms with Gasteiger partial charge < -0.3 is 4.74 Å². The van der Waals surface area contributed by atoms with E-state index in [2.05, 4.69) is 25.7 Å². The Bertz CT molecular complexity index is 357. The Balaban J connectivity index is 3.34. The zero-order valence-electron chi connectivity index (χ0n) is 7.13. The lowest BCUT2D eigenvalue weighted by atomic mass is 10.2. The Morgan fingerprint density at radius 2 is 2.29 bits per heavy atom. The van der Waals surface area contributed by atoms with Crippen LogP contribution in [0.2, 0.25) is 0 Å².